The van der Waals surface area contributed by atoms with Crippen molar-refractivity contribution in [1.82, 2.24) is 9.78 Å². The maximum atomic E-state index is 8.64. The Hall–Kier alpha value is -1.99. The number of aromatic nitrogens is 2. The van der Waals surface area contributed by atoms with E-state index >= 15 is 0 Å². The van der Waals surface area contributed by atoms with Crippen molar-refractivity contribution in [2.75, 3.05) is 5.32 Å². The fourth-order valence-corrected chi connectivity index (χ4v) is 2.26. The lowest BCUT2D eigenvalue weighted by atomic mass is 10.1. The minimum atomic E-state index is 0.438. The average Bonchev–Trinajstić information content (AvgIpc) is 2.74. The molecule has 0 saturated heterocycles. The van der Waals surface area contributed by atoms with E-state index in [4.69, 9.17) is 16.9 Å². The number of nitrogens with zero attached hydrogens (tertiary/aromatic N) is 3. The molecule has 2 aromatic rings. The van der Waals surface area contributed by atoms with Crippen LogP contribution >= 0.6 is 11.6 Å². The average molecular weight is 289 g/mol. The predicted octanol–water partition coefficient (Wildman–Crippen LogP) is 3.54. The van der Waals surface area contributed by atoms with Crippen LogP contribution in [-0.4, -0.2) is 9.78 Å². The molecule has 20 heavy (non-hydrogen) atoms. The number of halogens is 1. The van der Waals surface area contributed by atoms with Crippen LogP contribution in [0.25, 0.3) is 0 Å². The van der Waals surface area contributed by atoms with Gasteiger partial charge in [0.05, 0.1) is 35.4 Å². The lowest BCUT2D eigenvalue weighted by molar-refractivity contribution is 0.623. The lowest BCUT2D eigenvalue weighted by Gasteiger charge is -2.09. The molecule has 0 aliphatic carbocycles. The number of nitrogens with one attached hydrogen (secondary N) is 1. The van der Waals surface area contributed by atoms with Crippen molar-refractivity contribution >= 4 is 17.3 Å². The molecule has 0 atom stereocenters. The van der Waals surface area contributed by atoms with Crippen LogP contribution < -0.4 is 5.32 Å². The molecule has 1 aromatic heterocycles. The van der Waals surface area contributed by atoms with Crippen molar-refractivity contribution in [2.45, 2.75) is 33.4 Å². The van der Waals surface area contributed by atoms with Gasteiger partial charge in [0, 0.05) is 12.2 Å². The molecule has 1 N–H and O–H groups in total. The van der Waals surface area contributed by atoms with Gasteiger partial charge in [0.15, 0.2) is 0 Å². The van der Waals surface area contributed by atoms with Crippen molar-refractivity contribution in [2.24, 2.45) is 0 Å². The Balaban J connectivity index is 2.07. The summed E-state index contributed by atoms with van der Waals surface area (Å²) in [6.45, 7) is 5.38. The summed E-state index contributed by atoms with van der Waals surface area (Å²) in [7, 11) is 0. The van der Waals surface area contributed by atoms with E-state index < -0.39 is 0 Å². The van der Waals surface area contributed by atoms with Crippen LogP contribution in [0.2, 0.25) is 5.02 Å². The third kappa shape index (κ3) is 3.12. The SMILES string of the molecule is CCn1nc(C)c(Cl)c1CNc1ccc(CC#N)cc1. The molecule has 2 rings (SSSR count). The van der Waals surface area contributed by atoms with E-state index in [0.717, 1.165) is 34.2 Å². The van der Waals surface area contributed by atoms with Crippen molar-refractivity contribution in [1.29, 1.82) is 5.26 Å². The van der Waals surface area contributed by atoms with E-state index in [1.165, 1.54) is 0 Å². The number of aryl methyl sites for hydroxylation is 2. The molecule has 0 spiro atoms. The summed E-state index contributed by atoms with van der Waals surface area (Å²) in [6, 6.07) is 9.99. The topological polar surface area (TPSA) is 53.6 Å². The molecule has 1 aromatic carbocycles. The maximum Gasteiger partial charge on any atom is 0.0865 e. The zero-order valence-electron chi connectivity index (χ0n) is 11.7. The number of hydrogen-bond acceptors (Lipinski definition) is 3. The Bertz CT molecular complexity index is 623. The van der Waals surface area contributed by atoms with E-state index in [-0.39, 0.29) is 0 Å². The van der Waals surface area contributed by atoms with Gasteiger partial charge in [0.25, 0.3) is 0 Å². The maximum absolute atomic E-state index is 8.64. The van der Waals surface area contributed by atoms with Crippen LogP contribution in [0.4, 0.5) is 5.69 Å². The summed E-state index contributed by atoms with van der Waals surface area (Å²) in [5, 5.41) is 17.1. The monoisotopic (exact) mass is 288 g/mol. The zero-order valence-corrected chi connectivity index (χ0v) is 12.4. The molecule has 0 aliphatic rings. The van der Waals surface area contributed by atoms with Crippen LogP contribution in [0.1, 0.15) is 23.9 Å². The molecule has 4 nitrogen and oxygen atoms in total. The number of anilines is 1. The minimum Gasteiger partial charge on any atom is -0.379 e. The number of rotatable bonds is 5. The Morgan fingerprint density at radius 3 is 2.65 bits per heavy atom. The van der Waals surface area contributed by atoms with Gasteiger partial charge in [-0.25, -0.2) is 0 Å². The second kappa shape index (κ2) is 6.44. The fourth-order valence-electron chi connectivity index (χ4n) is 2.06. The highest BCUT2D eigenvalue weighted by Crippen LogP contribution is 2.21. The zero-order chi connectivity index (χ0) is 14.5. The number of hydrogen-bond donors (Lipinski definition) is 1. The summed E-state index contributed by atoms with van der Waals surface area (Å²) in [5.41, 5.74) is 3.87. The highest BCUT2D eigenvalue weighted by Gasteiger charge is 2.11. The molecule has 104 valence electrons. The molecular formula is C15H17ClN4. The quantitative estimate of drug-likeness (QED) is 0.915. The van der Waals surface area contributed by atoms with Gasteiger partial charge in [0.2, 0.25) is 0 Å². The van der Waals surface area contributed by atoms with E-state index in [9.17, 15) is 0 Å². The van der Waals surface area contributed by atoms with Crippen molar-refractivity contribution < 1.29 is 0 Å². The van der Waals surface area contributed by atoms with E-state index in [1.807, 2.05) is 42.8 Å². The highest BCUT2D eigenvalue weighted by molar-refractivity contribution is 6.31. The summed E-state index contributed by atoms with van der Waals surface area (Å²) in [4.78, 5) is 0. The molecular weight excluding hydrogens is 272 g/mol. The van der Waals surface area contributed by atoms with Crippen molar-refractivity contribution in [3.05, 3.63) is 46.2 Å². The summed E-state index contributed by atoms with van der Waals surface area (Å²) in [6.07, 6.45) is 0.438. The Morgan fingerprint density at radius 2 is 2.05 bits per heavy atom. The highest BCUT2D eigenvalue weighted by atomic mass is 35.5. The molecule has 0 amide bonds. The van der Waals surface area contributed by atoms with E-state index in [0.29, 0.717) is 13.0 Å². The third-order valence-electron chi connectivity index (χ3n) is 3.15. The molecule has 5 heteroatoms. The number of benzene rings is 1. The van der Waals surface area contributed by atoms with Gasteiger partial charge >= 0.3 is 0 Å². The molecule has 0 fully saturated rings. The standard InChI is InChI=1S/C15H17ClN4/c1-3-20-14(15(16)11(2)19-20)10-18-13-6-4-12(5-7-13)8-9-17/h4-7,18H,3,8,10H2,1-2H3. The predicted molar refractivity (Wildman–Crippen MR) is 80.7 cm³/mol. The second-order valence-electron chi connectivity index (χ2n) is 4.55. The van der Waals surface area contributed by atoms with Crippen LogP contribution in [-0.2, 0) is 19.5 Å². The Kier molecular flexibility index (Phi) is 4.65. The summed E-state index contributed by atoms with van der Waals surface area (Å²) >= 11 is 6.27. The van der Waals surface area contributed by atoms with Gasteiger partial charge in [-0.2, -0.15) is 10.4 Å². The first-order valence-corrected chi connectivity index (χ1v) is 6.95. The van der Waals surface area contributed by atoms with Crippen LogP contribution in [0.3, 0.4) is 0 Å². The molecule has 1 heterocycles. The Labute approximate surface area is 124 Å². The van der Waals surface area contributed by atoms with E-state index in [1.54, 1.807) is 0 Å². The van der Waals surface area contributed by atoms with Gasteiger partial charge in [-0.3, -0.25) is 4.68 Å². The minimum absolute atomic E-state index is 0.438. The molecule has 0 saturated carbocycles. The normalized spacial score (nSPS) is 10.3. The first-order chi connectivity index (χ1) is 9.65. The van der Waals surface area contributed by atoms with Crippen molar-refractivity contribution in [3.63, 3.8) is 0 Å². The smallest absolute Gasteiger partial charge is 0.0865 e. The molecule has 0 aliphatic heterocycles. The lowest BCUT2D eigenvalue weighted by Crippen LogP contribution is -2.08. The van der Waals surface area contributed by atoms with Gasteiger partial charge in [-0.05, 0) is 31.5 Å². The van der Waals surface area contributed by atoms with Gasteiger partial charge in [0.1, 0.15) is 0 Å². The largest absolute Gasteiger partial charge is 0.379 e. The first-order valence-electron chi connectivity index (χ1n) is 6.57. The Morgan fingerprint density at radius 1 is 1.35 bits per heavy atom. The van der Waals surface area contributed by atoms with Crippen molar-refractivity contribution in [3.8, 4) is 6.07 Å². The number of nitriles is 1. The van der Waals surface area contributed by atoms with Gasteiger partial charge in [-0.15, -0.1) is 0 Å². The van der Waals surface area contributed by atoms with Gasteiger partial charge < -0.3 is 5.32 Å². The van der Waals surface area contributed by atoms with Gasteiger partial charge in [-0.1, -0.05) is 23.7 Å². The fraction of sp³-hybridized carbons (Fsp3) is 0.333. The summed E-state index contributed by atoms with van der Waals surface area (Å²) in [5.74, 6) is 0. The summed E-state index contributed by atoms with van der Waals surface area (Å²) < 4.78 is 1.91. The third-order valence-corrected chi connectivity index (χ3v) is 3.64. The van der Waals surface area contributed by atoms with Crippen LogP contribution in [0, 0.1) is 18.3 Å². The molecule has 0 unspecified atom stereocenters. The second-order valence-corrected chi connectivity index (χ2v) is 4.93. The molecule has 0 radical (unpaired) electrons. The van der Waals surface area contributed by atoms with Crippen LogP contribution in [0.15, 0.2) is 24.3 Å². The van der Waals surface area contributed by atoms with E-state index in [2.05, 4.69) is 16.5 Å². The van der Waals surface area contributed by atoms with Crippen LogP contribution in [0.5, 0.6) is 0 Å². The molecule has 0 bridgehead atoms. The first kappa shape index (κ1) is 14.4.